The molecule has 2 nitrogen and oxygen atoms in total. The van der Waals surface area contributed by atoms with Gasteiger partial charge in [0.15, 0.2) is 6.29 Å². The molecule has 0 aliphatic rings. The summed E-state index contributed by atoms with van der Waals surface area (Å²) in [5.41, 5.74) is 1.15. The van der Waals surface area contributed by atoms with E-state index < -0.39 is 0 Å². The van der Waals surface area contributed by atoms with E-state index in [-0.39, 0.29) is 6.29 Å². The second-order valence-electron chi connectivity index (χ2n) is 2.74. The maximum Gasteiger partial charge on any atom is 0.154 e. The summed E-state index contributed by atoms with van der Waals surface area (Å²) in [7, 11) is 1.63. The van der Waals surface area contributed by atoms with Gasteiger partial charge in [-0.15, -0.1) is 0 Å². The van der Waals surface area contributed by atoms with E-state index in [1.807, 2.05) is 31.2 Å². The van der Waals surface area contributed by atoms with Crippen LogP contribution in [-0.2, 0) is 16.1 Å². The van der Waals surface area contributed by atoms with Crippen molar-refractivity contribution in [3.05, 3.63) is 34.3 Å². The van der Waals surface area contributed by atoms with Crippen LogP contribution in [0.2, 0.25) is 0 Å². The highest BCUT2D eigenvalue weighted by molar-refractivity contribution is 9.10. The number of ether oxygens (including phenoxy) is 2. The molecule has 72 valence electrons. The van der Waals surface area contributed by atoms with Gasteiger partial charge in [0.2, 0.25) is 0 Å². The quantitative estimate of drug-likeness (QED) is 0.759. The first-order chi connectivity index (χ1) is 6.22. The first-order valence-corrected chi connectivity index (χ1v) is 4.90. The highest BCUT2D eigenvalue weighted by Crippen LogP contribution is 2.11. The van der Waals surface area contributed by atoms with Crippen LogP contribution in [0.25, 0.3) is 0 Å². The molecule has 0 aromatic heterocycles. The van der Waals surface area contributed by atoms with Crippen molar-refractivity contribution in [2.45, 2.75) is 19.8 Å². The Balaban J connectivity index is 2.41. The minimum absolute atomic E-state index is 0.149. The second kappa shape index (κ2) is 5.37. The Bertz CT molecular complexity index is 246. The lowest BCUT2D eigenvalue weighted by Gasteiger charge is -2.10. The fourth-order valence-electron chi connectivity index (χ4n) is 0.862. The van der Waals surface area contributed by atoms with Gasteiger partial charge in [0.05, 0.1) is 6.61 Å². The van der Waals surface area contributed by atoms with Crippen LogP contribution in [0.15, 0.2) is 28.7 Å². The first-order valence-electron chi connectivity index (χ1n) is 4.11. The van der Waals surface area contributed by atoms with E-state index in [4.69, 9.17) is 9.47 Å². The minimum atomic E-state index is -0.149. The van der Waals surface area contributed by atoms with Gasteiger partial charge >= 0.3 is 0 Å². The highest BCUT2D eigenvalue weighted by Gasteiger charge is 1.99. The normalized spacial score (nSPS) is 12.8. The molecular formula is C10H13BrO2. The number of rotatable bonds is 4. The molecule has 0 fully saturated rings. The van der Waals surface area contributed by atoms with Crippen LogP contribution in [0, 0.1) is 0 Å². The van der Waals surface area contributed by atoms with Crippen molar-refractivity contribution in [1.82, 2.24) is 0 Å². The topological polar surface area (TPSA) is 18.5 Å². The van der Waals surface area contributed by atoms with Gasteiger partial charge in [-0.2, -0.15) is 0 Å². The van der Waals surface area contributed by atoms with E-state index in [9.17, 15) is 0 Å². The molecule has 3 heteroatoms. The molecule has 0 bridgehead atoms. The summed E-state index contributed by atoms with van der Waals surface area (Å²) >= 11 is 3.37. The zero-order valence-electron chi connectivity index (χ0n) is 7.79. The molecule has 0 saturated carbocycles. The second-order valence-corrected chi connectivity index (χ2v) is 3.66. The monoisotopic (exact) mass is 244 g/mol. The summed E-state index contributed by atoms with van der Waals surface area (Å²) in [4.78, 5) is 0. The first kappa shape index (κ1) is 10.7. The standard InChI is InChI=1S/C10H13BrO2/c1-8(12-2)13-7-9-3-5-10(11)6-4-9/h3-6,8H,7H2,1-2H3. The Morgan fingerprint density at radius 1 is 1.31 bits per heavy atom. The van der Waals surface area contributed by atoms with Gasteiger partial charge in [-0.3, -0.25) is 0 Å². The van der Waals surface area contributed by atoms with Crippen LogP contribution in [0.3, 0.4) is 0 Å². The number of hydrogen-bond donors (Lipinski definition) is 0. The average Bonchev–Trinajstić information content (AvgIpc) is 2.16. The molecule has 1 unspecified atom stereocenters. The van der Waals surface area contributed by atoms with Gasteiger partial charge in [0, 0.05) is 11.6 Å². The molecule has 0 aliphatic carbocycles. The fraction of sp³-hybridized carbons (Fsp3) is 0.400. The molecule has 0 saturated heterocycles. The summed E-state index contributed by atoms with van der Waals surface area (Å²) in [6.45, 7) is 2.46. The average molecular weight is 245 g/mol. The number of hydrogen-bond acceptors (Lipinski definition) is 2. The number of methoxy groups -OCH3 is 1. The molecule has 1 aromatic rings. The molecule has 0 N–H and O–H groups in total. The third-order valence-electron chi connectivity index (χ3n) is 1.73. The van der Waals surface area contributed by atoms with Gasteiger partial charge in [0.1, 0.15) is 0 Å². The maximum absolute atomic E-state index is 5.38. The fourth-order valence-corrected chi connectivity index (χ4v) is 1.13. The van der Waals surface area contributed by atoms with Crippen LogP contribution in [0.1, 0.15) is 12.5 Å². The van der Waals surface area contributed by atoms with Gasteiger partial charge in [-0.25, -0.2) is 0 Å². The Kier molecular flexibility index (Phi) is 4.42. The van der Waals surface area contributed by atoms with Gasteiger partial charge < -0.3 is 9.47 Å². The van der Waals surface area contributed by atoms with E-state index in [0.717, 1.165) is 10.0 Å². The summed E-state index contributed by atoms with van der Waals surface area (Å²) < 4.78 is 11.4. The van der Waals surface area contributed by atoms with Crippen molar-refractivity contribution in [3.8, 4) is 0 Å². The molecule has 0 spiro atoms. The maximum atomic E-state index is 5.38. The Morgan fingerprint density at radius 2 is 1.92 bits per heavy atom. The molecular weight excluding hydrogens is 232 g/mol. The summed E-state index contributed by atoms with van der Waals surface area (Å²) in [6, 6.07) is 8.03. The van der Waals surface area contributed by atoms with Gasteiger partial charge in [-0.05, 0) is 24.6 Å². The lowest BCUT2D eigenvalue weighted by molar-refractivity contribution is -0.118. The van der Waals surface area contributed by atoms with E-state index in [1.54, 1.807) is 7.11 Å². The van der Waals surface area contributed by atoms with Crippen LogP contribution in [0.5, 0.6) is 0 Å². The van der Waals surface area contributed by atoms with Gasteiger partial charge in [-0.1, -0.05) is 28.1 Å². The van der Waals surface area contributed by atoms with Crippen LogP contribution in [0.4, 0.5) is 0 Å². The van der Waals surface area contributed by atoms with Crippen LogP contribution in [-0.4, -0.2) is 13.4 Å². The van der Waals surface area contributed by atoms with E-state index in [2.05, 4.69) is 15.9 Å². The van der Waals surface area contributed by atoms with Crippen molar-refractivity contribution in [3.63, 3.8) is 0 Å². The Morgan fingerprint density at radius 3 is 2.46 bits per heavy atom. The summed E-state index contributed by atoms with van der Waals surface area (Å²) in [6.07, 6.45) is -0.149. The molecule has 1 rings (SSSR count). The molecule has 0 aliphatic heterocycles. The highest BCUT2D eigenvalue weighted by atomic mass is 79.9. The van der Waals surface area contributed by atoms with Crippen molar-refractivity contribution in [2.75, 3.05) is 7.11 Å². The van der Waals surface area contributed by atoms with Crippen molar-refractivity contribution in [1.29, 1.82) is 0 Å². The lowest BCUT2D eigenvalue weighted by atomic mass is 10.2. The largest absolute Gasteiger partial charge is 0.356 e. The van der Waals surface area contributed by atoms with E-state index >= 15 is 0 Å². The van der Waals surface area contributed by atoms with E-state index in [1.165, 1.54) is 0 Å². The molecule has 1 aromatic carbocycles. The predicted octanol–water partition coefficient (Wildman–Crippen LogP) is 2.96. The third-order valence-corrected chi connectivity index (χ3v) is 2.26. The lowest BCUT2D eigenvalue weighted by Crippen LogP contribution is -2.09. The summed E-state index contributed by atoms with van der Waals surface area (Å²) in [5, 5.41) is 0. The minimum Gasteiger partial charge on any atom is -0.356 e. The number of halogens is 1. The van der Waals surface area contributed by atoms with Crippen molar-refractivity contribution < 1.29 is 9.47 Å². The molecule has 1 atom stereocenters. The molecule has 13 heavy (non-hydrogen) atoms. The van der Waals surface area contributed by atoms with Crippen molar-refractivity contribution >= 4 is 15.9 Å². The predicted molar refractivity (Wildman–Crippen MR) is 55.4 cm³/mol. The smallest absolute Gasteiger partial charge is 0.154 e. The van der Waals surface area contributed by atoms with Gasteiger partial charge in [0.25, 0.3) is 0 Å². The zero-order chi connectivity index (χ0) is 9.68. The van der Waals surface area contributed by atoms with Crippen LogP contribution < -0.4 is 0 Å². The van der Waals surface area contributed by atoms with Crippen LogP contribution >= 0.6 is 15.9 Å². The molecule has 0 amide bonds. The molecule has 0 radical (unpaired) electrons. The van der Waals surface area contributed by atoms with Crippen molar-refractivity contribution in [2.24, 2.45) is 0 Å². The Labute approximate surface area is 87.0 Å². The SMILES string of the molecule is COC(C)OCc1ccc(Br)cc1. The number of benzene rings is 1. The Hall–Kier alpha value is -0.380. The molecule has 0 heterocycles. The zero-order valence-corrected chi connectivity index (χ0v) is 9.37. The summed E-state index contributed by atoms with van der Waals surface area (Å²) in [5.74, 6) is 0. The third kappa shape index (κ3) is 3.89. The van der Waals surface area contributed by atoms with E-state index in [0.29, 0.717) is 6.61 Å².